The van der Waals surface area contributed by atoms with Crippen LogP contribution in [0.1, 0.15) is 44.5 Å². The van der Waals surface area contributed by atoms with Crippen LogP contribution in [-0.2, 0) is 14.1 Å². The molecule has 1 rings (SSSR count). The summed E-state index contributed by atoms with van der Waals surface area (Å²) in [7, 11) is 3.57. The lowest BCUT2D eigenvalue weighted by atomic mass is 9.89. The number of ether oxygens (including phenoxy) is 3. The second-order valence-electron chi connectivity index (χ2n) is 6.07. The van der Waals surface area contributed by atoms with Crippen molar-refractivity contribution < 1.29 is 28.4 Å². The van der Waals surface area contributed by atoms with Gasteiger partial charge in [0.25, 0.3) is 0 Å². The smallest absolute Gasteiger partial charge is 0.317 e. The quantitative estimate of drug-likeness (QED) is 0.301. The van der Waals surface area contributed by atoms with Crippen molar-refractivity contribution in [2.75, 3.05) is 14.2 Å². The number of rotatable bonds is 8. The molecule has 0 aliphatic carbocycles. The third-order valence-corrected chi connectivity index (χ3v) is 3.33. The fourth-order valence-corrected chi connectivity index (χ4v) is 2.36. The minimum atomic E-state index is -0.873. The van der Waals surface area contributed by atoms with Crippen LogP contribution >= 0.6 is 9.12 Å². The molecule has 0 saturated carbocycles. The lowest BCUT2D eigenvalue weighted by Crippen LogP contribution is -2.30. The van der Waals surface area contributed by atoms with E-state index in [9.17, 15) is 9.59 Å². The van der Waals surface area contributed by atoms with Gasteiger partial charge in [0.15, 0.2) is 5.78 Å². The number of methoxy groups -OCH3 is 2. The van der Waals surface area contributed by atoms with E-state index in [1.165, 1.54) is 14.2 Å². The molecule has 0 bridgehead atoms. The summed E-state index contributed by atoms with van der Waals surface area (Å²) in [6, 6.07) is 5.09. The van der Waals surface area contributed by atoms with Crippen molar-refractivity contribution in [2.24, 2.45) is 11.8 Å². The first-order valence-corrected chi connectivity index (χ1v) is 8.64. The zero-order valence-electron chi connectivity index (χ0n) is 15.8. The molecule has 0 aliphatic rings. The highest BCUT2D eigenvalue weighted by molar-refractivity contribution is 7.00. The van der Waals surface area contributed by atoms with Gasteiger partial charge in [0, 0.05) is 0 Å². The average molecular weight is 372 g/mol. The van der Waals surface area contributed by atoms with Crippen LogP contribution in [0.3, 0.4) is 0 Å². The minimum Gasteiger partial charge on any atom is -0.496 e. The zero-order valence-corrected chi connectivity index (χ0v) is 17.2. The van der Waals surface area contributed by atoms with Gasteiger partial charge in [-0.1, -0.05) is 19.9 Å². The Labute approximate surface area is 151 Å². The summed E-state index contributed by atoms with van der Waals surface area (Å²) < 4.78 is 24.1. The number of hydrogen-bond acceptors (Lipinski definition) is 6. The second kappa shape index (κ2) is 11.7. The van der Waals surface area contributed by atoms with Gasteiger partial charge in [-0.2, -0.15) is 0 Å². The Bertz CT molecular complexity index is 548. The Morgan fingerprint density at radius 2 is 1.48 bits per heavy atom. The molecule has 0 aromatic heterocycles. The molecule has 1 aromatic carbocycles. The van der Waals surface area contributed by atoms with Crippen LogP contribution in [-0.4, -0.2) is 32.1 Å². The zero-order chi connectivity index (χ0) is 19.6. The number of benzene rings is 1. The number of carbonyl (C=O) groups is 2. The third kappa shape index (κ3) is 6.91. The standard InChI is InChI=1S/C18H26O5.H3OP/c1-11(2)10-13(18(20)23-12(3)4)17(19)16-14(21-5)8-7-9-15(16)22-6;1-2/h7-9,11-13H,10H2,1-6H3;2H3. The van der Waals surface area contributed by atoms with Crippen LogP contribution in [0.15, 0.2) is 18.2 Å². The molecule has 0 heterocycles. The first-order valence-electron chi connectivity index (χ1n) is 8.06. The van der Waals surface area contributed by atoms with Crippen LogP contribution in [0, 0.1) is 11.8 Å². The summed E-state index contributed by atoms with van der Waals surface area (Å²) in [6.45, 7) is 7.45. The second-order valence-corrected chi connectivity index (χ2v) is 6.07. The molecule has 0 radical (unpaired) electrons. The molecular weight excluding hydrogens is 343 g/mol. The van der Waals surface area contributed by atoms with Gasteiger partial charge >= 0.3 is 5.97 Å². The van der Waals surface area contributed by atoms with E-state index in [0.717, 1.165) is 0 Å². The van der Waals surface area contributed by atoms with E-state index >= 15 is 0 Å². The molecule has 0 saturated heterocycles. The van der Waals surface area contributed by atoms with Gasteiger partial charge in [-0.05, 0) is 38.3 Å². The highest BCUT2D eigenvalue weighted by Crippen LogP contribution is 2.32. The fraction of sp³-hybridized carbons (Fsp3) is 0.556. The van der Waals surface area contributed by atoms with Gasteiger partial charge in [-0.15, -0.1) is 0 Å². The van der Waals surface area contributed by atoms with Crippen LogP contribution in [0.4, 0.5) is 0 Å². The fourth-order valence-electron chi connectivity index (χ4n) is 2.36. The van der Waals surface area contributed by atoms with Gasteiger partial charge in [-0.3, -0.25) is 9.59 Å². The highest BCUT2D eigenvalue weighted by Gasteiger charge is 2.34. The third-order valence-electron chi connectivity index (χ3n) is 3.33. The van der Waals surface area contributed by atoms with E-state index < -0.39 is 11.9 Å². The molecule has 6 nitrogen and oxygen atoms in total. The summed E-state index contributed by atoms with van der Waals surface area (Å²) in [6.07, 6.45) is 0.135. The molecule has 7 heteroatoms. The predicted octanol–water partition coefficient (Wildman–Crippen LogP) is 3.44. The number of Topliss-reactive ketones (excluding diaryl/α,β-unsaturated/α-hetero) is 1. The molecule has 0 aliphatic heterocycles. The van der Waals surface area contributed by atoms with E-state index in [4.69, 9.17) is 18.8 Å². The highest BCUT2D eigenvalue weighted by atomic mass is 31.0. The molecule has 0 fully saturated rings. The predicted molar refractivity (Wildman–Crippen MR) is 99.8 cm³/mol. The Morgan fingerprint density at radius 3 is 1.84 bits per heavy atom. The molecule has 2 atom stereocenters. The van der Waals surface area contributed by atoms with Gasteiger partial charge in [0.2, 0.25) is 0 Å². The number of hydrogen-bond donors (Lipinski definition) is 0. The molecule has 25 heavy (non-hydrogen) atoms. The maximum atomic E-state index is 13.0. The van der Waals surface area contributed by atoms with Crippen molar-refractivity contribution in [3.8, 4) is 11.5 Å². The molecule has 2 unspecified atom stereocenters. The SMILES string of the molecule is COc1cccc(OC)c1C(=O)C(CC(C)C)C(=O)OC(C)C.O=[PH3]. The number of esters is 1. The molecule has 0 N–H and O–H groups in total. The van der Waals surface area contributed by atoms with E-state index in [0.29, 0.717) is 27.0 Å². The van der Waals surface area contributed by atoms with E-state index in [2.05, 4.69) is 0 Å². The van der Waals surface area contributed by atoms with E-state index in [-0.39, 0.29) is 23.4 Å². The monoisotopic (exact) mass is 372 g/mol. The normalized spacial score (nSPS) is 11.5. The van der Waals surface area contributed by atoms with Crippen molar-refractivity contribution in [1.82, 2.24) is 0 Å². The van der Waals surface area contributed by atoms with Gasteiger partial charge in [0.05, 0.1) is 29.4 Å². The molecule has 0 spiro atoms. The Balaban J connectivity index is 0.00000277. The molecule has 1 aromatic rings. The Kier molecular flexibility index (Phi) is 10.8. The summed E-state index contributed by atoms with van der Waals surface area (Å²) in [5.41, 5.74) is 0.281. The van der Waals surface area contributed by atoms with Crippen LogP contribution < -0.4 is 9.47 Å². The number of ketones is 1. The van der Waals surface area contributed by atoms with Gasteiger partial charge in [0.1, 0.15) is 23.0 Å². The molecular formula is C18H29O6P. The summed E-state index contributed by atoms with van der Waals surface area (Å²) >= 11 is 0. The van der Waals surface area contributed by atoms with E-state index in [1.807, 2.05) is 13.8 Å². The van der Waals surface area contributed by atoms with Crippen molar-refractivity contribution in [2.45, 2.75) is 40.2 Å². The van der Waals surface area contributed by atoms with Gasteiger partial charge < -0.3 is 18.8 Å². The maximum absolute atomic E-state index is 13.0. The van der Waals surface area contributed by atoms with Gasteiger partial charge in [-0.25, -0.2) is 0 Å². The number of carbonyl (C=O) groups excluding carboxylic acids is 2. The van der Waals surface area contributed by atoms with Crippen molar-refractivity contribution in [3.05, 3.63) is 23.8 Å². The van der Waals surface area contributed by atoms with E-state index in [1.54, 1.807) is 32.0 Å². The summed E-state index contributed by atoms with van der Waals surface area (Å²) in [4.78, 5) is 25.4. The van der Waals surface area contributed by atoms with Crippen molar-refractivity contribution in [3.63, 3.8) is 0 Å². The van der Waals surface area contributed by atoms with Crippen LogP contribution in [0.2, 0.25) is 0 Å². The Morgan fingerprint density at radius 1 is 1.00 bits per heavy atom. The Hall–Kier alpha value is -1.81. The maximum Gasteiger partial charge on any atom is 0.317 e. The van der Waals surface area contributed by atoms with Crippen molar-refractivity contribution >= 4 is 20.9 Å². The topological polar surface area (TPSA) is 78.9 Å². The lowest BCUT2D eigenvalue weighted by molar-refractivity contribution is -0.151. The lowest BCUT2D eigenvalue weighted by Gasteiger charge is -2.20. The largest absolute Gasteiger partial charge is 0.496 e. The minimum absolute atomic E-state index is 0.171. The average Bonchev–Trinajstić information content (AvgIpc) is 2.59. The molecule has 142 valence electrons. The summed E-state index contributed by atoms with van der Waals surface area (Å²) in [5, 5.41) is 0. The first kappa shape index (κ1) is 23.2. The van der Waals surface area contributed by atoms with Crippen molar-refractivity contribution in [1.29, 1.82) is 0 Å². The van der Waals surface area contributed by atoms with Crippen LogP contribution in [0.25, 0.3) is 0 Å². The molecule has 0 amide bonds. The van der Waals surface area contributed by atoms with Crippen LogP contribution in [0.5, 0.6) is 11.5 Å². The first-order chi connectivity index (χ1) is 11.8. The summed E-state index contributed by atoms with van der Waals surface area (Å²) in [5.74, 6) is -0.766.